The van der Waals surface area contributed by atoms with Crippen LogP contribution in [0.25, 0.3) is 11.1 Å². The van der Waals surface area contributed by atoms with Gasteiger partial charge in [-0.05, 0) is 23.3 Å². The summed E-state index contributed by atoms with van der Waals surface area (Å²) < 4.78 is 5.89. The van der Waals surface area contributed by atoms with Crippen molar-refractivity contribution in [2.24, 2.45) is 0 Å². The van der Waals surface area contributed by atoms with Crippen molar-refractivity contribution >= 4 is 22.9 Å². The van der Waals surface area contributed by atoms with Crippen molar-refractivity contribution in [2.45, 2.75) is 10.5 Å². The summed E-state index contributed by atoms with van der Waals surface area (Å²) >= 11 is 1.64. The molecule has 0 saturated heterocycles. The topological polar surface area (TPSA) is 26.0 Å². The minimum atomic E-state index is 0.158. The maximum atomic E-state index is 5.89. The summed E-state index contributed by atoms with van der Waals surface area (Å²) in [6.07, 6.45) is 0. The Morgan fingerprint density at radius 2 is 1.26 bits per heavy atom. The first-order valence-electron chi connectivity index (χ1n) is 7.52. The lowest BCUT2D eigenvalue weighted by Gasteiger charge is -2.15. The Morgan fingerprint density at radius 1 is 0.696 bits per heavy atom. The number of nitrogens with zero attached hydrogens (tertiary/aromatic N) is 1. The minimum absolute atomic E-state index is 0.158. The van der Waals surface area contributed by atoms with E-state index in [1.165, 1.54) is 11.1 Å². The number of hydrogen-bond acceptors (Lipinski definition) is 3. The van der Waals surface area contributed by atoms with Crippen LogP contribution in [0.3, 0.4) is 0 Å². The van der Waals surface area contributed by atoms with Crippen molar-refractivity contribution in [3.8, 4) is 0 Å². The summed E-state index contributed by atoms with van der Waals surface area (Å²) in [4.78, 5) is 4.60. The molecule has 4 rings (SSSR count). The lowest BCUT2D eigenvalue weighted by atomic mass is 10.0. The van der Waals surface area contributed by atoms with Crippen molar-refractivity contribution in [1.29, 1.82) is 0 Å². The quantitative estimate of drug-likeness (QED) is 0.451. The van der Waals surface area contributed by atoms with Crippen LogP contribution in [-0.4, -0.2) is 4.98 Å². The zero-order valence-corrected chi connectivity index (χ0v) is 13.2. The maximum absolute atomic E-state index is 5.89. The molecule has 1 aromatic heterocycles. The van der Waals surface area contributed by atoms with Crippen LogP contribution in [-0.2, 0) is 0 Å². The van der Waals surface area contributed by atoms with Crippen molar-refractivity contribution < 1.29 is 4.42 Å². The zero-order valence-electron chi connectivity index (χ0n) is 12.4. The summed E-state index contributed by atoms with van der Waals surface area (Å²) in [5, 5.41) is 0.856. The molecular weight excluding hydrogens is 302 g/mol. The van der Waals surface area contributed by atoms with Gasteiger partial charge in [0, 0.05) is 0 Å². The van der Waals surface area contributed by atoms with Crippen LogP contribution in [0, 0.1) is 0 Å². The van der Waals surface area contributed by atoms with Crippen LogP contribution in [0.1, 0.15) is 16.4 Å². The van der Waals surface area contributed by atoms with Gasteiger partial charge in [0.05, 0.1) is 5.25 Å². The van der Waals surface area contributed by atoms with Gasteiger partial charge in [-0.1, -0.05) is 84.6 Å². The fourth-order valence-electron chi connectivity index (χ4n) is 2.59. The fraction of sp³-hybridized carbons (Fsp3) is 0.0500. The molecule has 0 saturated carbocycles. The van der Waals surface area contributed by atoms with Gasteiger partial charge in [0.2, 0.25) is 0 Å². The molecule has 0 aliphatic rings. The molecule has 112 valence electrons. The zero-order chi connectivity index (χ0) is 15.5. The first-order chi connectivity index (χ1) is 11.4. The van der Waals surface area contributed by atoms with E-state index in [0.29, 0.717) is 5.22 Å². The molecule has 1 heterocycles. The van der Waals surface area contributed by atoms with Gasteiger partial charge in [0.1, 0.15) is 5.52 Å². The normalized spacial score (nSPS) is 11.2. The van der Waals surface area contributed by atoms with Gasteiger partial charge in [0.15, 0.2) is 5.58 Å². The molecule has 3 heteroatoms. The molecule has 0 amide bonds. The molecule has 2 nitrogen and oxygen atoms in total. The van der Waals surface area contributed by atoms with E-state index in [9.17, 15) is 0 Å². The van der Waals surface area contributed by atoms with E-state index in [2.05, 4.69) is 53.5 Å². The molecule has 3 aromatic carbocycles. The molecule has 0 atom stereocenters. The van der Waals surface area contributed by atoms with Crippen molar-refractivity contribution in [3.63, 3.8) is 0 Å². The van der Waals surface area contributed by atoms with Gasteiger partial charge in [0.25, 0.3) is 5.22 Å². The average Bonchev–Trinajstić information content (AvgIpc) is 3.04. The van der Waals surface area contributed by atoms with E-state index in [1.807, 2.05) is 36.4 Å². The van der Waals surface area contributed by atoms with Gasteiger partial charge in [-0.25, -0.2) is 4.98 Å². The highest BCUT2D eigenvalue weighted by atomic mass is 32.2. The first-order valence-corrected chi connectivity index (χ1v) is 8.40. The lowest BCUT2D eigenvalue weighted by molar-refractivity contribution is 0.489. The van der Waals surface area contributed by atoms with E-state index < -0.39 is 0 Å². The molecule has 23 heavy (non-hydrogen) atoms. The molecular formula is C20H15NOS. The molecule has 0 bridgehead atoms. The molecule has 0 N–H and O–H groups in total. The van der Waals surface area contributed by atoms with E-state index in [1.54, 1.807) is 11.8 Å². The van der Waals surface area contributed by atoms with Crippen LogP contribution < -0.4 is 0 Å². The molecule has 4 aromatic rings. The highest BCUT2D eigenvalue weighted by Gasteiger charge is 2.18. The third kappa shape index (κ3) is 3.01. The van der Waals surface area contributed by atoms with E-state index >= 15 is 0 Å². The van der Waals surface area contributed by atoms with Crippen LogP contribution in [0.2, 0.25) is 0 Å². The van der Waals surface area contributed by atoms with Crippen LogP contribution in [0.4, 0.5) is 0 Å². The Morgan fingerprint density at radius 3 is 1.87 bits per heavy atom. The number of hydrogen-bond donors (Lipinski definition) is 0. The summed E-state index contributed by atoms with van der Waals surface area (Å²) in [6, 6.07) is 28.8. The van der Waals surface area contributed by atoms with Gasteiger partial charge >= 0.3 is 0 Å². The smallest absolute Gasteiger partial charge is 0.257 e. The van der Waals surface area contributed by atoms with Crippen LogP contribution >= 0.6 is 11.8 Å². The molecule has 0 spiro atoms. The molecule has 0 aliphatic heterocycles. The summed E-state index contributed by atoms with van der Waals surface area (Å²) in [6.45, 7) is 0. The number of aromatic nitrogens is 1. The molecule has 0 fully saturated rings. The van der Waals surface area contributed by atoms with E-state index in [-0.39, 0.29) is 5.25 Å². The Hall–Kier alpha value is -2.52. The number of thioether (sulfide) groups is 1. The van der Waals surface area contributed by atoms with Gasteiger partial charge in [-0.3, -0.25) is 0 Å². The van der Waals surface area contributed by atoms with Gasteiger partial charge < -0.3 is 4.42 Å². The van der Waals surface area contributed by atoms with E-state index in [0.717, 1.165) is 11.1 Å². The lowest BCUT2D eigenvalue weighted by Crippen LogP contribution is -1.96. The number of para-hydroxylation sites is 2. The Labute approximate surface area is 139 Å². The average molecular weight is 317 g/mol. The fourth-order valence-corrected chi connectivity index (χ4v) is 3.66. The maximum Gasteiger partial charge on any atom is 0.257 e. The number of fused-ring (bicyclic) bond motifs is 1. The van der Waals surface area contributed by atoms with Crippen LogP contribution in [0.15, 0.2) is 94.6 Å². The monoisotopic (exact) mass is 317 g/mol. The van der Waals surface area contributed by atoms with Crippen molar-refractivity contribution in [3.05, 3.63) is 96.1 Å². The minimum Gasteiger partial charge on any atom is -0.431 e. The third-order valence-electron chi connectivity index (χ3n) is 3.70. The molecule has 0 unspecified atom stereocenters. The first kappa shape index (κ1) is 14.1. The van der Waals surface area contributed by atoms with Crippen LogP contribution in [0.5, 0.6) is 0 Å². The second-order valence-corrected chi connectivity index (χ2v) is 6.32. The highest BCUT2D eigenvalue weighted by Crippen LogP contribution is 2.40. The second kappa shape index (κ2) is 6.31. The van der Waals surface area contributed by atoms with E-state index in [4.69, 9.17) is 4.42 Å². The van der Waals surface area contributed by atoms with Gasteiger partial charge in [-0.15, -0.1) is 0 Å². The largest absolute Gasteiger partial charge is 0.431 e. The summed E-state index contributed by atoms with van der Waals surface area (Å²) in [5.74, 6) is 0. The SMILES string of the molecule is c1ccc(C(Sc2nc3ccccc3o2)c2ccccc2)cc1. The Bertz CT molecular complexity index is 830. The van der Waals surface area contributed by atoms with Gasteiger partial charge in [-0.2, -0.15) is 0 Å². The number of rotatable bonds is 4. The third-order valence-corrected chi connectivity index (χ3v) is 4.85. The predicted octanol–water partition coefficient (Wildman–Crippen LogP) is 5.71. The number of oxazole rings is 1. The molecule has 0 aliphatic carbocycles. The van der Waals surface area contributed by atoms with Crippen molar-refractivity contribution in [1.82, 2.24) is 4.98 Å². The second-order valence-electron chi connectivity index (χ2n) is 5.27. The predicted molar refractivity (Wildman–Crippen MR) is 94.6 cm³/mol. The highest BCUT2D eigenvalue weighted by molar-refractivity contribution is 7.99. The summed E-state index contributed by atoms with van der Waals surface area (Å²) in [5.41, 5.74) is 4.21. The van der Waals surface area contributed by atoms with Crippen molar-refractivity contribution in [2.75, 3.05) is 0 Å². The molecule has 0 radical (unpaired) electrons. The Balaban J connectivity index is 1.73. The Kier molecular flexibility index (Phi) is 3.86. The number of benzene rings is 3. The standard InChI is InChI=1S/C20H15NOS/c1-3-9-15(10-4-1)19(16-11-5-2-6-12-16)23-20-21-17-13-7-8-14-18(17)22-20/h1-14,19H. The summed E-state index contributed by atoms with van der Waals surface area (Å²) in [7, 11) is 0.